The van der Waals surface area contributed by atoms with Crippen LogP contribution in [0.4, 0.5) is 18.9 Å². The maximum atomic E-state index is 13.3. The summed E-state index contributed by atoms with van der Waals surface area (Å²) in [5.74, 6) is -4.05. The van der Waals surface area contributed by atoms with Crippen LogP contribution in [0.3, 0.4) is 0 Å². The van der Waals surface area contributed by atoms with Crippen molar-refractivity contribution in [1.82, 2.24) is 5.32 Å². The smallest absolute Gasteiger partial charge is 0.232 e. The van der Waals surface area contributed by atoms with Gasteiger partial charge in [-0.15, -0.1) is 0 Å². The SMILES string of the molecule is CC(C)NCCCCS(=O)(=O)Nc1cc(F)c(F)cc1F. The number of unbranched alkanes of at least 4 members (excludes halogenated alkanes) is 1. The Hall–Kier alpha value is -1.28. The van der Waals surface area contributed by atoms with Crippen LogP contribution in [-0.4, -0.2) is 26.8 Å². The van der Waals surface area contributed by atoms with Crippen molar-refractivity contribution < 1.29 is 21.6 Å². The highest BCUT2D eigenvalue weighted by atomic mass is 32.2. The molecule has 0 radical (unpaired) electrons. The van der Waals surface area contributed by atoms with Gasteiger partial charge in [-0.1, -0.05) is 13.8 Å². The lowest BCUT2D eigenvalue weighted by Crippen LogP contribution is -2.24. The van der Waals surface area contributed by atoms with Gasteiger partial charge in [0, 0.05) is 18.2 Å². The predicted octanol–water partition coefficient (Wildman–Crippen LogP) is 2.62. The summed E-state index contributed by atoms with van der Waals surface area (Å²) in [7, 11) is -3.79. The van der Waals surface area contributed by atoms with Gasteiger partial charge in [0.1, 0.15) is 5.82 Å². The Morgan fingerprint density at radius 1 is 1.05 bits per heavy atom. The van der Waals surface area contributed by atoms with Gasteiger partial charge in [0.25, 0.3) is 0 Å². The largest absolute Gasteiger partial charge is 0.315 e. The van der Waals surface area contributed by atoms with Crippen molar-refractivity contribution in [1.29, 1.82) is 0 Å². The summed E-state index contributed by atoms with van der Waals surface area (Å²) in [6.07, 6.45) is 1.01. The first-order valence-corrected chi connectivity index (χ1v) is 8.25. The van der Waals surface area contributed by atoms with Crippen molar-refractivity contribution in [2.24, 2.45) is 0 Å². The Morgan fingerprint density at radius 2 is 1.67 bits per heavy atom. The molecule has 4 nitrogen and oxygen atoms in total. The predicted molar refractivity (Wildman–Crippen MR) is 76.1 cm³/mol. The fourth-order valence-corrected chi connectivity index (χ4v) is 2.80. The minimum Gasteiger partial charge on any atom is -0.315 e. The highest BCUT2D eigenvalue weighted by molar-refractivity contribution is 7.92. The summed E-state index contributed by atoms with van der Waals surface area (Å²) in [5.41, 5.74) is -0.589. The summed E-state index contributed by atoms with van der Waals surface area (Å²) in [4.78, 5) is 0. The van der Waals surface area contributed by atoms with E-state index in [9.17, 15) is 21.6 Å². The average Bonchev–Trinajstić information content (AvgIpc) is 2.34. The zero-order valence-electron chi connectivity index (χ0n) is 11.9. The molecule has 0 unspecified atom stereocenters. The van der Waals surface area contributed by atoms with E-state index in [1.54, 1.807) is 0 Å². The van der Waals surface area contributed by atoms with Crippen LogP contribution in [0, 0.1) is 17.5 Å². The molecule has 8 heteroatoms. The highest BCUT2D eigenvalue weighted by Crippen LogP contribution is 2.19. The van der Waals surface area contributed by atoms with Crippen LogP contribution in [0.1, 0.15) is 26.7 Å². The quantitative estimate of drug-likeness (QED) is 0.571. The molecule has 120 valence electrons. The Kier molecular flexibility index (Phi) is 6.47. The summed E-state index contributed by atoms with van der Waals surface area (Å²) >= 11 is 0. The molecule has 1 rings (SSSR count). The number of rotatable bonds is 8. The molecule has 1 aromatic rings. The summed E-state index contributed by atoms with van der Waals surface area (Å²) in [6.45, 7) is 4.63. The summed E-state index contributed by atoms with van der Waals surface area (Å²) in [5, 5.41) is 3.14. The number of nitrogens with one attached hydrogen (secondary N) is 2. The molecule has 0 atom stereocenters. The van der Waals surface area contributed by atoms with E-state index in [1.165, 1.54) is 0 Å². The zero-order chi connectivity index (χ0) is 16.0. The van der Waals surface area contributed by atoms with Crippen molar-refractivity contribution in [3.05, 3.63) is 29.6 Å². The number of halogens is 3. The van der Waals surface area contributed by atoms with Crippen molar-refractivity contribution >= 4 is 15.7 Å². The topological polar surface area (TPSA) is 58.2 Å². The number of sulfonamides is 1. The van der Waals surface area contributed by atoms with E-state index in [0.29, 0.717) is 37.6 Å². The normalized spacial score (nSPS) is 11.9. The maximum absolute atomic E-state index is 13.3. The first-order chi connectivity index (χ1) is 9.71. The van der Waals surface area contributed by atoms with Crippen LogP contribution < -0.4 is 10.0 Å². The lowest BCUT2D eigenvalue weighted by molar-refractivity contribution is 0.496. The minimum absolute atomic E-state index is 0.217. The first kappa shape index (κ1) is 17.8. The van der Waals surface area contributed by atoms with Gasteiger partial charge in [-0.05, 0) is 19.4 Å². The zero-order valence-corrected chi connectivity index (χ0v) is 12.7. The van der Waals surface area contributed by atoms with Crippen LogP contribution in [-0.2, 0) is 10.0 Å². The molecule has 0 aliphatic rings. The van der Waals surface area contributed by atoms with Gasteiger partial charge in [0.05, 0.1) is 11.4 Å². The van der Waals surface area contributed by atoms with E-state index >= 15 is 0 Å². The molecule has 0 saturated heterocycles. The molecule has 0 aliphatic carbocycles. The fraction of sp³-hybridized carbons (Fsp3) is 0.538. The molecule has 0 aliphatic heterocycles. The van der Waals surface area contributed by atoms with Crippen LogP contribution in [0.2, 0.25) is 0 Å². The molecule has 1 aromatic carbocycles. The van der Waals surface area contributed by atoms with Crippen LogP contribution >= 0.6 is 0 Å². The van der Waals surface area contributed by atoms with E-state index in [4.69, 9.17) is 0 Å². The second kappa shape index (κ2) is 7.65. The number of hydrogen-bond donors (Lipinski definition) is 2. The molecule has 0 bridgehead atoms. The molecule has 0 aromatic heterocycles. The van der Waals surface area contributed by atoms with Crippen LogP contribution in [0.15, 0.2) is 12.1 Å². The Bertz CT molecular complexity index is 577. The standard InChI is InChI=1S/C13H19F3N2O2S/c1-9(2)17-5-3-4-6-21(19,20)18-13-8-11(15)10(14)7-12(13)16/h7-9,17-18H,3-6H2,1-2H3. The summed E-state index contributed by atoms with van der Waals surface area (Å²) < 4.78 is 64.5. The molecule has 0 amide bonds. The van der Waals surface area contributed by atoms with E-state index in [-0.39, 0.29) is 5.75 Å². The third-order valence-corrected chi connectivity index (χ3v) is 4.02. The van der Waals surface area contributed by atoms with Gasteiger partial charge in [0.15, 0.2) is 11.6 Å². The molecule has 0 saturated carbocycles. The van der Waals surface area contributed by atoms with Gasteiger partial charge in [-0.25, -0.2) is 21.6 Å². The monoisotopic (exact) mass is 324 g/mol. The molecule has 21 heavy (non-hydrogen) atoms. The lowest BCUT2D eigenvalue weighted by Gasteiger charge is -2.10. The van der Waals surface area contributed by atoms with Gasteiger partial charge in [-0.2, -0.15) is 0 Å². The van der Waals surface area contributed by atoms with Crippen LogP contribution in [0.5, 0.6) is 0 Å². The number of anilines is 1. The van der Waals surface area contributed by atoms with Crippen molar-refractivity contribution in [2.45, 2.75) is 32.7 Å². The second-order valence-corrected chi connectivity index (χ2v) is 6.82. The third kappa shape index (κ3) is 6.34. The van der Waals surface area contributed by atoms with E-state index in [1.807, 2.05) is 18.6 Å². The van der Waals surface area contributed by atoms with E-state index in [2.05, 4.69) is 5.32 Å². The van der Waals surface area contributed by atoms with Crippen molar-refractivity contribution in [3.63, 3.8) is 0 Å². The maximum Gasteiger partial charge on any atom is 0.232 e. The fourth-order valence-electron chi connectivity index (χ4n) is 1.63. The first-order valence-electron chi connectivity index (χ1n) is 6.59. The van der Waals surface area contributed by atoms with Gasteiger partial charge in [-0.3, -0.25) is 4.72 Å². The number of hydrogen-bond acceptors (Lipinski definition) is 3. The second-order valence-electron chi connectivity index (χ2n) is 4.98. The molecule has 0 heterocycles. The molecule has 2 N–H and O–H groups in total. The van der Waals surface area contributed by atoms with E-state index < -0.39 is 33.2 Å². The average molecular weight is 324 g/mol. The van der Waals surface area contributed by atoms with Crippen molar-refractivity contribution in [3.8, 4) is 0 Å². The van der Waals surface area contributed by atoms with Crippen LogP contribution in [0.25, 0.3) is 0 Å². The Balaban J connectivity index is 2.55. The highest BCUT2D eigenvalue weighted by Gasteiger charge is 2.16. The Labute approximate surface area is 122 Å². The van der Waals surface area contributed by atoms with E-state index in [0.717, 1.165) is 0 Å². The molecular formula is C13H19F3N2O2S. The van der Waals surface area contributed by atoms with Crippen molar-refractivity contribution in [2.75, 3.05) is 17.0 Å². The summed E-state index contributed by atoms with van der Waals surface area (Å²) in [6, 6.07) is 1.11. The third-order valence-electron chi connectivity index (χ3n) is 2.67. The van der Waals surface area contributed by atoms with Gasteiger partial charge in [0.2, 0.25) is 10.0 Å². The molecule has 0 spiro atoms. The minimum atomic E-state index is -3.79. The molecule has 0 fully saturated rings. The number of benzene rings is 1. The lowest BCUT2D eigenvalue weighted by atomic mass is 10.3. The van der Waals surface area contributed by atoms with Gasteiger partial charge >= 0.3 is 0 Å². The van der Waals surface area contributed by atoms with Gasteiger partial charge < -0.3 is 5.32 Å². The molecular weight excluding hydrogens is 305 g/mol. The Morgan fingerprint density at radius 3 is 2.29 bits per heavy atom.